The molecule has 1 aromatic rings. The van der Waals surface area contributed by atoms with E-state index in [-0.39, 0.29) is 30.6 Å². The third-order valence-electron chi connectivity index (χ3n) is 5.39. The molecular weight excluding hydrogens is 374 g/mol. The molecule has 2 N–H and O–H groups in total. The lowest BCUT2D eigenvalue weighted by atomic mass is 9.98. The molecule has 0 radical (unpaired) electrons. The minimum absolute atomic E-state index is 0. The molecule has 2 fully saturated rings. The fourth-order valence-electron chi connectivity index (χ4n) is 3.77. The molecule has 0 saturated carbocycles. The largest absolute Gasteiger partial charge is 0.339 e. The molecule has 2 aliphatic heterocycles. The van der Waals surface area contributed by atoms with E-state index >= 15 is 0 Å². The highest BCUT2D eigenvalue weighted by Gasteiger charge is 2.36. The molecule has 6 nitrogen and oxygen atoms in total. The van der Waals surface area contributed by atoms with Crippen molar-refractivity contribution in [3.8, 4) is 0 Å². The maximum absolute atomic E-state index is 12.7. The van der Waals surface area contributed by atoms with Gasteiger partial charge >= 0.3 is 0 Å². The summed E-state index contributed by atoms with van der Waals surface area (Å²) >= 11 is 0. The first-order valence-corrected chi connectivity index (χ1v) is 10.6. The van der Waals surface area contributed by atoms with Gasteiger partial charge in [-0.2, -0.15) is 0 Å². The van der Waals surface area contributed by atoms with E-state index in [9.17, 15) is 13.2 Å². The topological polar surface area (TPSA) is 78.5 Å². The number of rotatable bonds is 6. The maximum atomic E-state index is 12.7. The molecule has 2 heterocycles. The molecule has 0 aromatic heterocycles. The molecule has 3 rings (SSSR count). The van der Waals surface area contributed by atoms with Crippen molar-refractivity contribution in [2.75, 3.05) is 12.8 Å². The average molecular weight is 402 g/mol. The summed E-state index contributed by atoms with van der Waals surface area (Å²) < 4.78 is 25.5. The van der Waals surface area contributed by atoms with E-state index in [1.165, 1.54) is 12.8 Å². The van der Waals surface area contributed by atoms with Crippen LogP contribution in [0.2, 0.25) is 0 Å². The SMILES string of the molecule is CCS(=O)(=O)NCc1ccc(C(=O)N(C)C2CC3CCC(C2)N3)cc1.Cl. The first-order valence-electron chi connectivity index (χ1n) is 8.97. The number of hydrogen-bond acceptors (Lipinski definition) is 4. The Morgan fingerprint density at radius 1 is 1.19 bits per heavy atom. The minimum Gasteiger partial charge on any atom is -0.339 e. The number of fused-ring (bicyclic) bond motifs is 2. The van der Waals surface area contributed by atoms with Crippen LogP contribution >= 0.6 is 12.4 Å². The number of nitrogens with one attached hydrogen (secondary N) is 2. The lowest BCUT2D eigenvalue weighted by Gasteiger charge is -2.35. The summed E-state index contributed by atoms with van der Waals surface area (Å²) in [5, 5.41) is 3.60. The highest BCUT2D eigenvalue weighted by molar-refractivity contribution is 7.89. The van der Waals surface area contributed by atoms with Crippen molar-refractivity contribution in [3.05, 3.63) is 35.4 Å². The molecule has 0 spiro atoms. The Kier molecular flexibility index (Phi) is 7.07. The number of sulfonamides is 1. The molecule has 2 atom stereocenters. The van der Waals surface area contributed by atoms with Gasteiger partial charge in [-0.05, 0) is 50.3 Å². The molecule has 2 saturated heterocycles. The Morgan fingerprint density at radius 2 is 1.77 bits per heavy atom. The van der Waals surface area contributed by atoms with Gasteiger partial charge in [0, 0.05) is 37.3 Å². The predicted octanol–water partition coefficient (Wildman–Crippen LogP) is 1.90. The standard InChI is InChI=1S/C18H27N3O3S.ClH/c1-3-25(23,24)19-12-13-4-6-14(7-5-13)18(22)21(2)17-10-15-8-9-16(11-17)20-15;/h4-7,15-17,19-20H,3,8-12H2,1-2H3;1H. The zero-order valence-electron chi connectivity index (χ0n) is 15.3. The summed E-state index contributed by atoms with van der Waals surface area (Å²) in [6, 6.07) is 8.58. The molecule has 2 aliphatic rings. The molecule has 1 aromatic carbocycles. The Balaban J connectivity index is 0.00000243. The molecule has 0 aliphatic carbocycles. The number of amides is 1. The van der Waals surface area contributed by atoms with Crippen LogP contribution in [0.4, 0.5) is 0 Å². The van der Waals surface area contributed by atoms with Crippen LogP contribution in [0.15, 0.2) is 24.3 Å². The van der Waals surface area contributed by atoms with Crippen molar-refractivity contribution in [3.63, 3.8) is 0 Å². The summed E-state index contributed by atoms with van der Waals surface area (Å²) in [4.78, 5) is 14.6. The molecule has 8 heteroatoms. The second kappa shape index (κ2) is 8.69. The minimum atomic E-state index is -3.21. The smallest absolute Gasteiger partial charge is 0.253 e. The van der Waals surface area contributed by atoms with Gasteiger partial charge in [-0.3, -0.25) is 4.79 Å². The second-order valence-corrected chi connectivity index (χ2v) is 9.20. The van der Waals surface area contributed by atoms with Gasteiger partial charge in [0.05, 0.1) is 5.75 Å². The number of piperidine rings is 1. The summed E-state index contributed by atoms with van der Waals surface area (Å²) in [6.45, 7) is 1.85. The van der Waals surface area contributed by atoms with E-state index in [0.29, 0.717) is 23.7 Å². The van der Waals surface area contributed by atoms with Crippen molar-refractivity contribution in [2.24, 2.45) is 0 Å². The van der Waals surface area contributed by atoms with Crippen molar-refractivity contribution in [1.29, 1.82) is 0 Å². The lowest BCUT2D eigenvalue weighted by molar-refractivity contribution is 0.0681. The van der Waals surface area contributed by atoms with Crippen LogP contribution in [0.1, 0.15) is 48.5 Å². The van der Waals surface area contributed by atoms with E-state index < -0.39 is 10.0 Å². The fraction of sp³-hybridized carbons (Fsp3) is 0.611. The van der Waals surface area contributed by atoms with Gasteiger partial charge < -0.3 is 10.2 Å². The number of hydrogen-bond donors (Lipinski definition) is 2. The molecule has 2 unspecified atom stereocenters. The average Bonchev–Trinajstić information content (AvgIpc) is 2.97. The highest BCUT2D eigenvalue weighted by atomic mass is 35.5. The first-order chi connectivity index (χ1) is 11.9. The zero-order valence-corrected chi connectivity index (χ0v) is 16.9. The van der Waals surface area contributed by atoms with Gasteiger partial charge in [0.1, 0.15) is 0 Å². The number of nitrogens with zero attached hydrogens (tertiary/aromatic N) is 1. The Hall–Kier alpha value is -1.15. The first kappa shape index (κ1) is 21.2. The molecule has 26 heavy (non-hydrogen) atoms. The van der Waals surface area contributed by atoms with E-state index in [1.807, 2.05) is 24.1 Å². The van der Waals surface area contributed by atoms with Gasteiger partial charge in [0.2, 0.25) is 10.0 Å². The van der Waals surface area contributed by atoms with Crippen LogP contribution in [0.3, 0.4) is 0 Å². The lowest BCUT2D eigenvalue weighted by Crippen LogP contribution is -2.48. The van der Waals surface area contributed by atoms with Gasteiger partial charge in [-0.1, -0.05) is 12.1 Å². The normalized spacial score (nSPS) is 24.8. The summed E-state index contributed by atoms with van der Waals surface area (Å²) in [6.07, 6.45) is 4.47. The van der Waals surface area contributed by atoms with Gasteiger partial charge in [0.25, 0.3) is 5.91 Å². The summed E-state index contributed by atoms with van der Waals surface area (Å²) in [7, 11) is -1.32. The summed E-state index contributed by atoms with van der Waals surface area (Å²) in [5.74, 6) is 0.0964. The quantitative estimate of drug-likeness (QED) is 0.763. The van der Waals surface area contributed by atoms with Crippen molar-refractivity contribution >= 4 is 28.3 Å². The van der Waals surface area contributed by atoms with Gasteiger partial charge in [-0.15, -0.1) is 12.4 Å². The molecule has 2 bridgehead atoms. The monoisotopic (exact) mass is 401 g/mol. The third kappa shape index (κ3) is 4.97. The van der Waals surface area contributed by atoms with Crippen LogP contribution in [0.25, 0.3) is 0 Å². The van der Waals surface area contributed by atoms with Crippen molar-refractivity contribution in [1.82, 2.24) is 14.9 Å². The van der Waals surface area contributed by atoms with Crippen LogP contribution in [-0.4, -0.2) is 50.2 Å². The van der Waals surface area contributed by atoms with Gasteiger partial charge in [0.15, 0.2) is 0 Å². The second-order valence-electron chi connectivity index (χ2n) is 7.10. The molecule has 146 valence electrons. The number of carbonyl (C=O) groups excluding carboxylic acids is 1. The van der Waals surface area contributed by atoms with E-state index in [0.717, 1.165) is 18.4 Å². The van der Waals surface area contributed by atoms with Crippen LogP contribution in [-0.2, 0) is 16.6 Å². The van der Waals surface area contributed by atoms with Gasteiger partial charge in [-0.25, -0.2) is 13.1 Å². The Bertz CT molecular complexity index is 712. The van der Waals surface area contributed by atoms with Crippen molar-refractivity contribution < 1.29 is 13.2 Å². The highest BCUT2D eigenvalue weighted by Crippen LogP contribution is 2.29. The van der Waals surface area contributed by atoms with Crippen LogP contribution < -0.4 is 10.0 Å². The van der Waals surface area contributed by atoms with E-state index in [4.69, 9.17) is 0 Å². The van der Waals surface area contributed by atoms with E-state index in [1.54, 1.807) is 19.1 Å². The summed E-state index contributed by atoms with van der Waals surface area (Å²) in [5.41, 5.74) is 1.49. The van der Waals surface area contributed by atoms with Crippen LogP contribution in [0.5, 0.6) is 0 Å². The predicted molar refractivity (Wildman–Crippen MR) is 105 cm³/mol. The van der Waals surface area contributed by atoms with Crippen LogP contribution in [0, 0.1) is 0 Å². The van der Waals surface area contributed by atoms with E-state index in [2.05, 4.69) is 10.0 Å². The third-order valence-corrected chi connectivity index (χ3v) is 6.74. The number of benzene rings is 1. The number of halogens is 1. The Labute approximate surface area is 162 Å². The molecular formula is C18H28ClN3O3S. The van der Waals surface area contributed by atoms with Crippen molar-refractivity contribution in [2.45, 2.75) is 57.3 Å². The zero-order chi connectivity index (χ0) is 18.0. The fourth-order valence-corrected chi connectivity index (χ4v) is 4.36. The maximum Gasteiger partial charge on any atom is 0.253 e. The number of carbonyl (C=O) groups is 1. The molecule has 1 amide bonds. The Morgan fingerprint density at radius 3 is 2.31 bits per heavy atom.